The summed E-state index contributed by atoms with van der Waals surface area (Å²) < 4.78 is 24.5. The van der Waals surface area contributed by atoms with Crippen molar-refractivity contribution < 1.29 is 18.7 Å². The van der Waals surface area contributed by atoms with Crippen LogP contribution in [0.5, 0.6) is 0 Å². The van der Waals surface area contributed by atoms with Crippen molar-refractivity contribution >= 4 is 5.91 Å². The number of halogens is 1. The van der Waals surface area contributed by atoms with Crippen LogP contribution in [0.3, 0.4) is 0 Å². The van der Waals surface area contributed by atoms with Crippen molar-refractivity contribution in [2.75, 3.05) is 26.3 Å². The van der Waals surface area contributed by atoms with Crippen LogP contribution in [0.1, 0.15) is 39.0 Å². The number of amides is 1. The second-order valence-electron chi connectivity index (χ2n) is 6.40. The van der Waals surface area contributed by atoms with Gasteiger partial charge >= 0.3 is 0 Å². The molecular formula is C15H24FNO3. The molecule has 4 nitrogen and oxygen atoms in total. The molecule has 3 fully saturated rings. The highest BCUT2D eigenvalue weighted by molar-refractivity contribution is 5.80. The summed E-state index contributed by atoms with van der Waals surface area (Å²) in [5.41, 5.74) is -0.216. The topological polar surface area (TPSA) is 38.8 Å². The van der Waals surface area contributed by atoms with Crippen LogP contribution in [0.4, 0.5) is 4.39 Å². The first kappa shape index (κ1) is 14.3. The van der Waals surface area contributed by atoms with Gasteiger partial charge in [0.15, 0.2) is 0 Å². The predicted octanol–water partition coefficient (Wildman–Crippen LogP) is 1.92. The Kier molecular flexibility index (Phi) is 4.00. The molecule has 0 unspecified atom stereocenters. The summed E-state index contributed by atoms with van der Waals surface area (Å²) in [6.07, 6.45) is 3.05. The van der Waals surface area contributed by atoms with E-state index < -0.39 is 6.17 Å². The Morgan fingerprint density at radius 2 is 2.30 bits per heavy atom. The molecule has 1 spiro atoms. The van der Waals surface area contributed by atoms with Crippen LogP contribution in [-0.4, -0.2) is 55.0 Å². The molecule has 2 saturated heterocycles. The number of rotatable bonds is 3. The molecule has 0 aromatic rings. The van der Waals surface area contributed by atoms with Crippen LogP contribution in [-0.2, 0) is 14.3 Å². The Morgan fingerprint density at radius 3 is 3.00 bits per heavy atom. The summed E-state index contributed by atoms with van der Waals surface area (Å²) >= 11 is 0. The zero-order valence-corrected chi connectivity index (χ0v) is 12.1. The van der Waals surface area contributed by atoms with Crippen molar-refractivity contribution in [1.29, 1.82) is 0 Å². The predicted molar refractivity (Wildman–Crippen MR) is 72.1 cm³/mol. The van der Waals surface area contributed by atoms with Crippen LogP contribution in [0, 0.1) is 5.92 Å². The summed E-state index contributed by atoms with van der Waals surface area (Å²) in [4.78, 5) is 14.2. The van der Waals surface area contributed by atoms with E-state index in [1.165, 1.54) is 0 Å². The van der Waals surface area contributed by atoms with E-state index in [0.717, 1.165) is 25.8 Å². The van der Waals surface area contributed by atoms with Gasteiger partial charge in [-0.15, -0.1) is 0 Å². The summed E-state index contributed by atoms with van der Waals surface area (Å²) in [6, 6.07) is 0. The standard InChI is InChI=1S/C15H24FNO3/c1-2-19-13-8-15(20-9-13)4-3-5-17(10-15)14(18)11-6-12(16)7-11/h11-13H,2-10H2,1H3/t11?,12?,13-,15-/m1/s1. The summed E-state index contributed by atoms with van der Waals surface area (Å²) in [7, 11) is 0. The molecule has 0 N–H and O–H groups in total. The first-order valence-electron chi connectivity index (χ1n) is 7.80. The van der Waals surface area contributed by atoms with Gasteiger partial charge in [-0.05, 0) is 32.6 Å². The molecule has 2 atom stereocenters. The Morgan fingerprint density at radius 1 is 1.50 bits per heavy atom. The molecule has 2 heterocycles. The SMILES string of the molecule is CCO[C@H]1CO[C@]2(CCCN(C(=O)C3CC(F)C3)C2)C1. The number of carbonyl (C=O) groups is 1. The highest BCUT2D eigenvalue weighted by atomic mass is 19.1. The molecule has 0 aromatic carbocycles. The second-order valence-corrected chi connectivity index (χ2v) is 6.40. The maximum atomic E-state index is 12.9. The quantitative estimate of drug-likeness (QED) is 0.795. The van der Waals surface area contributed by atoms with Gasteiger partial charge < -0.3 is 14.4 Å². The van der Waals surface area contributed by atoms with E-state index in [-0.39, 0.29) is 23.5 Å². The number of likely N-dealkylation sites (tertiary alicyclic amines) is 1. The van der Waals surface area contributed by atoms with Crippen molar-refractivity contribution in [2.24, 2.45) is 5.92 Å². The highest BCUT2D eigenvalue weighted by Gasteiger charge is 2.46. The summed E-state index contributed by atoms with van der Waals surface area (Å²) in [6.45, 7) is 4.77. The molecule has 1 saturated carbocycles. The number of carbonyl (C=O) groups excluding carboxylic acids is 1. The fraction of sp³-hybridized carbons (Fsp3) is 0.933. The second kappa shape index (κ2) is 5.60. The van der Waals surface area contributed by atoms with Gasteiger partial charge in [0.05, 0.1) is 18.3 Å². The summed E-state index contributed by atoms with van der Waals surface area (Å²) in [5, 5.41) is 0. The lowest BCUT2D eigenvalue weighted by atomic mass is 9.81. The van der Waals surface area contributed by atoms with Gasteiger partial charge in [-0.25, -0.2) is 4.39 Å². The molecule has 0 radical (unpaired) electrons. The van der Waals surface area contributed by atoms with E-state index in [0.29, 0.717) is 32.6 Å². The number of hydrogen-bond donors (Lipinski definition) is 0. The van der Waals surface area contributed by atoms with Crippen LogP contribution >= 0.6 is 0 Å². The number of hydrogen-bond acceptors (Lipinski definition) is 3. The van der Waals surface area contributed by atoms with E-state index in [2.05, 4.69) is 0 Å². The number of alkyl halides is 1. The monoisotopic (exact) mass is 285 g/mol. The normalized spacial score (nSPS) is 40.9. The molecule has 5 heteroatoms. The molecule has 3 aliphatic rings. The summed E-state index contributed by atoms with van der Waals surface area (Å²) in [5.74, 6) is 0.0330. The average molecular weight is 285 g/mol. The Hall–Kier alpha value is -0.680. The third-order valence-corrected chi connectivity index (χ3v) is 4.86. The number of ether oxygens (including phenoxy) is 2. The maximum absolute atomic E-state index is 12.9. The van der Waals surface area contributed by atoms with Crippen molar-refractivity contribution in [3.63, 3.8) is 0 Å². The smallest absolute Gasteiger partial charge is 0.225 e. The molecular weight excluding hydrogens is 261 g/mol. The van der Waals surface area contributed by atoms with Gasteiger partial charge in [-0.3, -0.25) is 4.79 Å². The number of nitrogens with zero attached hydrogens (tertiary/aromatic N) is 1. The minimum absolute atomic E-state index is 0.0933. The van der Waals surface area contributed by atoms with Gasteiger partial charge in [0.1, 0.15) is 6.17 Å². The molecule has 114 valence electrons. The van der Waals surface area contributed by atoms with Gasteiger partial charge in [-0.2, -0.15) is 0 Å². The fourth-order valence-electron chi connectivity index (χ4n) is 3.72. The molecule has 0 bridgehead atoms. The Bertz CT molecular complexity index is 372. The lowest BCUT2D eigenvalue weighted by Crippen LogP contribution is -2.53. The fourth-order valence-corrected chi connectivity index (χ4v) is 3.72. The van der Waals surface area contributed by atoms with Gasteiger partial charge in [0, 0.05) is 32.0 Å². The van der Waals surface area contributed by atoms with Gasteiger partial charge in [0.2, 0.25) is 5.91 Å². The average Bonchev–Trinajstić information content (AvgIpc) is 2.77. The van der Waals surface area contributed by atoms with Crippen molar-refractivity contribution in [3.8, 4) is 0 Å². The van der Waals surface area contributed by atoms with E-state index >= 15 is 0 Å². The van der Waals surface area contributed by atoms with E-state index in [9.17, 15) is 9.18 Å². The largest absolute Gasteiger partial charge is 0.376 e. The lowest BCUT2D eigenvalue weighted by molar-refractivity contribution is -0.148. The minimum atomic E-state index is -0.771. The lowest BCUT2D eigenvalue weighted by Gasteiger charge is -2.42. The van der Waals surface area contributed by atoms with E-state index in [1.54, 1.807) is 0 Å². The molecule has 2 aliphatic heterocycles. The van der Waals surface area contributed by atoms with Crippen LogP contribution < -0.4 is 0 Å². The van der Waals surface area contributed by atoms with Crippen LogP contribution in [0.25, 0.3) is 0 Å². The molecule has 1 aliphatic carbocycles. The molecule has 20 heavy (non-hydrogen) atoms. The first-order chi connectivity index (χ1) is 9.62. The molecule has 0 aromatic heterocycles. The third-order valence-electron chi connectivity index (χ3n) is 4.86. The van der Waals surface area contributed by atoms with Crippen molar-refractivity contribution in [2.45, 2.75) is 56.9 Å². The van der Waals surface area contributed by atoms with Gasteiger partial charge in [0.25, 0.3) is 0 Å². The Balaban J connectivity index is 1.58. The van der Waals surface area contributed by atoms with E-state index in [4.69, 9.17) is 9.47 Å². The van der Waals surface area contributed by atoms with Crippen LogP contribution in [0.2, 0.25) is 0 Å². The Labute approximate surface area is 119 Å². The van der Waals surface area contributed by atoms with Gasteiger partial charge in [-0.1, -0.05) is 0 Å². The third kappa shape index (κ3) is 2.70. The van der Waals surface area contributed by atoms with Crippen molar-refractivity contribution in [3.05, 3.63) is 0 Å². The van der Waals surface area contributed by atoms with E-state index in [1.807, 2.05) is 11.8 Å². The maximum Gasteiger partial charge on any atom is 0.225 e. The molecule has 1 amide bonds. The van der Waals surface area contributed by atoms with Crippen molar-refractivity contribution in [1.82, 2.24) is 4.90 Å². The zero-order valence-electron chi connectivity index (χ0n) is 12.1. The highest BCUT2D eigenvalue weighted by Crippen LogP contribution is 2.38. The minimum Gasteiger partial charge on any atom is -0.376 e. The van der Waals surface area contributed by atoms with Crippen LogP contribution in [0.15, 0.2) is 0 Å². The first-order valence-corrected chi connectivity index (χ1v) is 7.80. The number of piperidine rings is 1. The zero-order chi connectivity index (χ0) is 14.2. The molecule has 3 rings (SSSR count).